The molecule has 0 N–H and O–H groups in total. The molecule has 0 saturated heterocycles. The van der Waals surface area contributed by atoms with Crippen LogP contribution in [0, 0.1) is 0 Å². The summed E-state index contributed by atoms with van der Waals surface area (Å²) in [6, 6.07) is 0. The summed E-state index contributed by atoms with van der Waals surface area (Å²) in [6.45, 7) is 0. The Hall–Kier alpha value is 0.324. The molecule has 0 bridgehead atoms. The standard InChI is InChI=1S/C2H2BSe/c1-2-4-3-1/h1-2H. The van der Waals surface area contributed by atoms with E-state index in [2.05, 4.69) is 17.0 Å². The Morgan fingerprint density at radius 2 is 2.00 bits per heavy atom. The third kappa shape index (κ3) is 0.218. The molecule has 0 aromatic carbocycles. The van der Waals surface area contributed by atoms with E-state index in [4.69, 9.17) is 0 Å². The van der Waals surface area contributed by atoms with Crippen LogP contribution in [0.15, 0.2) is 10.9 Å². The molecule has 0 saturated carbocycles. The Morgan fingerprint density at radius 1 is 1.75 bits per heavy atom. The van der Waals surface area contributed by atoms with Crippen LogP contribution in [0.1, 0.15) is 0 Å². The summed E-state index contributed by atoms with van der Waals surface area (Å²) in [7, 11) is 0. The van der Waals surface area contributed by atoms with Crippen LogP contribution >= 0.6 is 0 Å². The first-order chi connectivity index (χ1) is 2.00. The van der Waals surface area contributed by atoms with Crippen molar-refractivity contribution in [1.82, 2.24) is 0 Å². The molecule has 1 rings (SSSR count). The second-order valence-corrected chi connectivity index (χ2v) is 2.31. The summed E-state index contributed by atoms with van der Waals surface area (Å²) in [6.07, 6.45) is 2.19. The molecule has 0 atom stereocenters. The third-order valence-electron chi connectivity index (χ3n) is 0.314. The maximum atomic E-state index is 2.19. The van der Waals surface area contributed by atoms with Gasteiger partial charge in [-0.05, 0) is 0 Å². The fraction of sp³-hybridized carbons (Fsp3) is 0. The SMILES string of the molecule is [B]1C=C[Se]1. The van der Waals surface area contributed by atoms with Gasteiger partial charge in [0, 0.05) is 0 Å². The quantitative estimate of drug-likeness (QED) is 0.384. The maximum absolute atomic E-state index is 2.19. The molecule has 1 heterocycles. The average molecular weight is 116 g/mol. The fourth-order valence-corrected chi connectivity index (χ4v) is 0.408. The van der Waals surface area contributed by atoms with Crippen molar-refractivity contribution in [3.05, 3.63) is 10.9 Å². The zero-order valence-electron chi connectivity index (χ0n) is 2.14. The monoisotopic (exact) mass is 117 g/mol. The van der Waals surface area contributed by atoms with Gasteiger partial charge in [-0.2, -0.15) is 0 Å². The van der Waals surface area contributed by atoms with Crippen LogP contribution < -0.4 is 0 Å². The van der Waals surface area contributed by atoms with Crippen LogP contribution in [0.5, 0.6) is 0 Å². The Morgan fingerprint density at radius 3 is 2.00 bits per heavy atom. The molecule has 0 unspecified atom stereocenters. The number of hydrogen-bond acceptors (Lipinski definition) is 0. The van der Waals surface area contributed by atoms with E-state index in [0.29, 0.717) is 0 Å². The van der Waals surface area contributed by atoms with Crippen molar-refractivity contribution in [2.24, 2.45) is 0 Å². The summed E-state index contributed by atoms with van der Waals surface area (Å²) in [5.74, 6) is 2.08. The first-order valence-corrected chi connectivity index (χ1v) is 3.12. The van der Waals surface area contributed by atoms with Crippen LogP contribution in [-0.2, 0) is 0 Å². The average Bonchev–Trinajstić information content (AvgIpc) is 0.722. The Balaban J connectivity index is 2.47. The van der Waals surface area contributed by atoms with Gasteiger partial charge in [0.25, 0.3) is 0 Å². The normalized spacial score (nSPS) is 18.0. The van der Waals surface area contributed by atoms with E-state index >= 15 is 0 Å². The number of hydrogen-bond donors (Lipinski definition) is 0. The van der Waals surface area contributed by atoms with Gasteiger partial charge in [0.15, 0.2) is 0 Å². The van der Waals surface area contributed by atoms with Crippen molar-refractivity contribution < 1.29 is 0 Å². The second kappa shape index (κ2) is 0.960. The van der Waals surface area contributed by atoms with Gasteiger partial charge in [-0.1, -0.05) is 0 Å². The zero-order chi connectivity index (χ0) is 2.83. The molecular formula is C2H2BSe. The zero-order valence-corrected chi connectivity index (χ0v) is 3.85. The molecule has 4 heavy (non-hydrogen) atoms. The van der Waals surface area contributed by atoms with E-state index in [-0.39, 0.29) is 0 Å². The van der Waals surface area contributed by atoms with E-state index in [1.54, 1.807) is 0 Å². The van der Waals surface area contributed by atoms with Gasteiger partial charge in [0.05, 0.1) is 0 Å². The van der Waals surface area contributed by atoms with E-state index in [9.17, 15) is 0 Å². The molecule has 0 amide bonds. The molecule has 0 spiro atoms. The van der Waals surface area contributed by atoms with Gasteiger partial charge < -0.3 is 0 Å². The van der Waals surface area contributed by atoms with Gasteiger partial charge in [-0.15, -0.1) is 0 Å². The van der Waals surface area contributed by atoms with Gasteiger partial charge in [-0.3, -0.25) is 0 Å². The van der Waals surface area contributed by atoms with Crippen LogP contribution in [0.3, 0.4) is 0 Å². The molecule has 0 aromatic heterocycles. The fourth-order valence-electron chi connectivity index (χ4n) is 0.0786. The molecule has 0 aromatic rings. The molecule has 0 nitrogen and oxygen atoms in total. The number of rotatable bonds is 0. The van der Waals surface area contributed by atoms with Crippen LogP contribution in [0.25, 0.3) is 0 Å². The molecule has 1 aliphatic rings. The molecule has 0 aliphatic carbocycles. The first-order valence-electron chi connectivity index (χ1n) is 1.14. The van der Waals surface area contributed by atoms with Gasteiger partial charge >= 0.3 is 31.8 Å². The predicted octanol–water partition coefficient (Wildman–Crippen LogP) is -0.205. The predicted molar refractivity (Wildman–Crippen MR) is 20.6 cm³/mol. The van der Waals surface area contributed by atoms with Crippen molar-refractivity contribution >= 4 is 20.9 Å². The summed E-state index contributed by atoms with van der Waals surface area (Å²) in [5, 5.41) is 0. The Labute approximate surface area is 32.5 Å². The van der Waals surface area contributed by atoms with E-state index in [1.165, 1.54) is 0 Å². The first kappa shape index (κ1) is 2.56. The van der Waals surface area contributed by atoms with Gasteiger partial charge in [0.2, 0.25) is 0 Å². The summed E-state index contributed by atoms with van der Waals surface area (Å²) in [4.78, 5) is 2.19. The van der Waals surface area contributed by atoms with Gasteiger partial charge in [0.1, 0.15) is 0 Å². The van der Waals surface area contributed by atoms with Crippen molar-refractivity contribution in [3.8, 4) is 0 Å². The van der Waals surface area contributed by atoms with E-state index in [1.807, 2.05) is 0 Å². The Bertz CT molecular complexity index is 35.3. The van der Waals surface area contributed by atoms with Crippen molar-refractivity contribution in [3.63, 3.8) is 0 Å². The molecule has 19 valence electrons. The van der Waals surface area contributed by atoms with Gasteiger partial charge in [-0.25, -0.2) is 0 Å². The van der Waals surface area contributed by atoms with E-state index in [0.717, 1.165) is 14.8 Å². The molecule has 1 aliphatic heterocycles. The summed E-state index contributed by atoms with van der Waals surface area (Å²) < 4.78 is 0. The minimum atomic E-state index is 0.792. The van der Waals surface area contributed by atoms with Crippen LogP contribution in [0.4, 0.5) is 0 Å². The topological polar surface area (TPSA) is 0 Å². The molecule has 1 radical (unpaired) electrons. The molecular weight excluding hydrogens is 114 g/mol. The van der Waals surface area contributed by atoms with Crippen molar-refractivity contribution in [1.29, 1.82) is 0 Å². The molecule has 2 heteroatoms. The summed E-state index contributed by atoms with van der Waals surface area (Å²) >= 11 is 0.792. The van der Waals surface area contributed by atoms with Crippen LogP contribution in [0.2, 0.25) is 0 Å². The third-order valence-corrected chi connectivity index (χ3v) is 1.63. The van der Waals surface area contributed by atoms with E-state index < -0.39 is 0 Å². The van der Waals surface area contributed by atoms with Crippen molar-refractivity contribution in [2.75, 3.05) is 0 Å². The summed E-state index contributed by atoms with van der Waals surface area (Å²) in [5.41, 5.74) is 0. The van der Waals surface area contributed by atoms with Crippen LogP contribution in [-0.4, -0.2) is 20.9 Å². The Kier molecular flexibility index (Phi) is 0.614. The second-order valence-electron chi connectivity index (χ2n) is 0.601. The minimum absolute atomic E-state index is 0.792. The molecule has 0 fully saturated rings. The van der Waals surface area contributed by atoms with Crippen molar-refractivity contribution in [2.45, 2.75) is 0 Å².